The molecular weight excluding hydrogens is 442 g/mol. The van der Waals surface area contributed by atoms with Crippen molar-refractivity contribution in [2.45, 2.75) is 62.9 Å². The van der Waals surface area contributed by atoms with E-state index in [4.69, 9.17) is 10.2 Å². The van der Waals surface area contributed by atoms with Crippen LogP contribution in [0.15, 0.2) is 36.5 Å². The van der Waals surface area contributed by atoms with Gasteiger partial charge in [0.2, 0.25) is 11.9 Å². The number of carbonyl (C=O) groups is 1. The molecule has 0 bridgehead atoms. The first-order chi connectivity index (χ1) is 17.1. The zero-order valence-electron chi connectivity index (χ0n) is 19.7. The highest BCUT2D eigenvalue weighted by Gasteiger charge is 2.27. The van der Waals surface area contributed by atoms with Crippen molar-refractivity contribution in [2.75, 3.05) is 17.3 Å². The van der Waals surface area contributed by atoms with Crippen LogP contribution in [0, 0.1) is 11.3 Å². The van der Waals surface area contributed by atoms with Crippen molar-refractivity contribution in [3.8, 4) is 6.07 Å². The number of amides is 1. The van der Waals surface area contributed by atoms with Crippen LogP contribution in [-0.4, -0.2) is 50.2 Å². The molecule has 2 aliphatic carbocycles. The van der Waals surface area contributed by atoms with Gasteiger partial charge in [-0.2, -0.15) is 15.3 Å². The van der Waals surface area contributed by atoms with Gasteiger partial charge in [-0.05, 0) is 56.7 Å². The highest BCUT2D eigenvalue weighted by Crippen LogP contribution is 2.39. The Balaban J connectivity index is 1.12. The zero-order valence-corrected chi connectivity index (χ0v) is 19.7. The van der Waals surface area contributed by atoms with Crippen molar-refractivity contribution < 1.29 is 4.79 Å². The monoisotopic (exact) mass is 471 g/mol. The van der Waals surface area contributed by atoms with E-state index in [9.17, 15) is 4.79 Å². The van der Waals surface area contributed by atoms with Crippen molar-refractivity contribution in [3.63, 3.8) is 0 Å². The molecule has 1 amide bonds. The second kappa shape index (κ2) is 10.1. The first kappa shape index (κ1) is 22.8. The summed E-state index contributed by atoms with van der Waals surface area (Å²) in [5, 5.41) is 22.8. The Bertz CT molecular complexity index is 1220. The Labute approximate surface area is 204 Å². The summed E-state index contributed by atoms with van der Waals surface area (Å²) in [6.45, 7) is 0. The number of nitrogens with one attached hydrogen (secondary N) is 3. The summed E-state index contributed by atoms with van der Waals surface area (Å²) in [4.78, 5) is 27.9. The molecule has 0 aromatic carbocycles. The molecule has 2 fully saturated rings. The van der Waals surface area contributed by atoms with Gasteiger partial charge in [-0.15, -0.1) is 0 Å². The van der Waals surface area contributed by atoms with Crippen molar-refractivity contribution >= 4 is 23.5 Å². The molecule has 0 atom stereocenters. The summed E-state index contributed by atoms with van der Waals surface area (Å²) in [5.74, 6) is 2.71. The molecule has 0 radical (unpaired) electrons. The van der Waals surface area contributed by atoms with Gasteiger partial charge in [0.15, 0.2) is 5.82 Å². The molecule has 0 aliphatic heterocycles. The fraction of sp³-hybridized carbons (Fsp3) is 0.440. The third-order valence-corrected chi connectivity index (χ3v) is 6.70. The molecule has 5 rings (SSSR count). The van der Waals surface area contributed by atoms with E-state index in [1.54, 1.807) is 24.4 Å². The number of hydrogen-bond acceptors (Lipinski definition) is 8. The number of rotatable bonds is 8. The number of nitrogens with zero attached hydrogens (tertiary/aromatic N) is 6. The van der Waals surface area contributed by atoms with Gasteiger partial charge in [0, 0.05) is 43.0 Å². The summed E-state index contributed by atoms with van der Waals surface area (Å²) < 4.78 is 0. The summed E-state index contributed by atoms with van der Waals surface area (Å²) >= 11 is 0. The lowest BCUT2D eigenvalue weighted by atomic mass is 9.90. The molecule has 3 aromatic rings. The molecule has 10 nitrogen and oxygen atoms in total. The van der Waals surface area contributed by atoms with Crippen LogP contribution in [0.3, 0.4) is 0 Å². The van der Waals surface area contributed by atoms with Crippen LogP contribution in [0.2, 0.25) is 0 Å². The molecule has 35 heavy (non-hydrogen) atoms. The Morgan fingerprint density at radius 3 is 2.74 bits per heavy atom. The quantitative estimate of drug-likeness (QED) is 0.456. The lowest BCUT2D eigenvalue weighted by Gasteiger charge is -2.35. The normalized spacial score (nSPS) is 19.5. The Morgan fingerprint density at radius 1 is 1.14 bits per heavy atom. The SMILES string of the molecule is CN(c1nccc(Nc2cc(C3CC3)[nH]n2)n1)C1CCC(NC(=O)Cc2cccc(C#N)n2)CC1. The van der Waals surface area contributed by atoms with Gasteiger partial charge in [0.1, 0.15) is 17.6 Å². The van der Waals surface area contributed by atoms with Gasteiger partial charge < -0.3 is 15.5 Å². The average molecular weight is 472 g/mol. The summed E-state index contributed by atoms with van der Waals surface area (Å²) in [6.07, 6.45) is 8.05. The number of anilines is 3. The number of hydrogen-bond donors (Lipinski definition) is 3. The van der Waals surface area contributed by atoms with Gasteiger partial charge in [0.25, 0.3) is 0 Å². The maximum absolute atomic E-state index is 12.5. The summed E-state index contributed by atoms with van der Waals surface area (Å²) in [5.41, 5.74) is 2.11. The number of aromatic nitrogens is 5. The fourth-order valence-corrected chi connectivity index (χ4v) is 4.58. The second-order valence-electron chi connectivity index (χ2n) is 9.34. The fourth-order valence-electron chi connectivity index (χ4n) is 4.58. The van der Waals surface area contributed by atoms with Crippen molar-refractivity contribution in [1.82, 2.24) is 30.5 Å². The first-order valence-corrected chi connectivity index (χ1v) is 12.1. The van der Waals surface area contributed by atoms with Crippen LogP contribution in [-0.2, 0) is 11.2 Å². The number of H-pyrrole nitrogens is 1. The molecule has 3 heterocycles. The maximum Gasteiger partial charge on any atom is 0.227 e. The predicted octanol–water partition coefficient (Wildman–Crippen LogP) is 3.19. The van der Waals surface area contributed by atoms with Crippen molar-refractivity contribution in [3.05, 3.63) is 53.6 Å². The number of carbonyl (C=O) groups excluding carboxylic acids is 1. The molecule has 0 spiro atoms. The van der Waals surface area contributed by atoms with Gasteiger partial charge in [0.05, 0.1) is 12.1 Å². The van der Waals surface area contributed by atoms with Crippen LogP contribution in [0.25, 0.3) is 0 Å². The Hall–Kier alpha value is -4.00. The molecule has 3 aromatic heterocycles. The maximum atomic E-state index is 12.5. The number of pyridine rings is 1. The van der Waals surface area contributed by atoms with Crippen LogP contribution in [0.4, 0.5) is 17.6 Å². The van der Waals surface area contributed by atoms with E-state index in [0.29, 0.717) is 35.1 Å². The van der Waals surface area contributed by atoms with Crippen LogP contribution in [0.5, 0.6) is 0 Å². The lowest BCUT2D eigenvalue weighted by molar-refractivity contribution is -0.121. The smallest absolute Gasteiger partial charge is 0.227 e. The molecule has 10 heteroatoms. The van der Waals surface area contributed by atoms with Crippen molar-refractivity contribution in [2.24, 2.45) is 0 Å². The predicted molar refractivity (Wildman–Crippen MR) is 131 cm³/mol. The largest absolute Gasteiger partial charge is 0.353 e. The van der Waals surface area contributed by atoms with Gasteiger partial charge in [-0.1, -0.05) is 6.07 Å². The summed E-state index contributed by atoms with van der Waals surface area (Å²) in [6, 6.07) is 11.5. The van der Waals surface area contributed by atoms with Crippen molar-refractivity contribution in [1.29, 1.82) is 5.26 Å². The lowest BCUT2D eigenvalue weighted by Crippen LogP contribution is -2.43. The topological polar surface area (TPSA) is 136 Å². The molecule has 0 saturated heterocycles. The van der Waals surface area contributed by atoms with E-state index in [2.05, 4.69) is 41.8 Å². The highest BCUT2D eigenvalue weighted by molar-refractivity contribution is 5.78. The third-order valence-electron chi connectivity index (χ3n) is 6.70. The van der Waals surface area contributed by atoms with E-state index in [0.717, 1.165) is 31.5 Å². The van der Waals surface area contributed by atoms with Gasteiger partial charge in [-0.3, -0.25) is 9.89 Å². The van der Waals surface area contributed by atoms with E-state index >= 15 is 0 Å². The highest BCUT2D eigenvalue weighted by atomic mass is 16.1. The number of nitriles is 1. The second-order valence-corrected chi connectivity index (χ2v) is 9.34. The minimum atomic E-state index is -0.0605. The molecule has 2 saturated carbocycles. The van der Waals surface area contributed by atoms with Crippen LogP contribution < -0.4 is 15.5 Å². The van der Waals surface area contributed by atoms with E-state index in [1.807, 2.05) is 19.2 Å². The summed E-state index contributed by atoms with van der Waals surface area (Å²) in [7, 11) is 2.02. The molecule has 0 unspecified atom stereocenters. The van der Waals surface area contributed by atoms with Crippen LogP contribution in [0.1, 0.15) is 61.5 Å². The van der Waals surface area contributed by atoms with Gasteiger partial charge in [-0.25, -0.2) is 9.97 Å². The Morgan fingerprint density at radius 2 is 1.97 bits per heavy atom. The number of aromatic amines is 1. The first-order valence-electron chi connectivity index (χ1n) is 12.1. The standard InChI is InChI=1S/C25H29N9O/c1-34(25-27-12-11-22(31-25)30-23-14-21(32-33-23)16-5-6-16)20-9-7-17(8-10-20)29-24(35)13-18-3-2-4-19(15-26)28-18/h2-4,11-12,14,16-17,20H,5-10,13H2,1H3,(H,29,35)(H2,27,30,31,32,33). The third kappa shape index (κ3) is 5.74. The van der Waals surface area contributed by atoms with Gasteiger partial charge >= 0.3 is 0 Å². The zero-order chi connectivity index (χ0) is 24.2. The molecule has 3 N–H and O–H groups in total. The van der Waals surface area contributed by atoms with E-state index in [1.165, 1.54) is 18.5 Å². The van der Waals surface area contributed by atoms with Crippen LogP contribution >= 0.6 is 0 Å². The van der Waals surface area contributed by atoms with E-state index < -0.39 is 0 Å². The molecule has 2 aliphatic rings. The molecular formula is C25H29N9O. The minimum absolute atomic E-state index is 0.0605. The minimum Gasteiger partial charge on any atom is -0.353 e. The Kier molecular flexibility index (Phi) is 6.57. The molecule has 180 valence electrons. The van der Waals surface area contributed by atoms with E-state index in [-0.39, 0.29) is 18.4 Å². The average Bonchev–Trinajstić information content (AvgIpc) is 3.63.